The highest BCUT2D eigenvalue weighted by atomic mass is 19.1. The van der Waals surface area contributed by atoms with E-state index in [9.17, 15) is 14.0 Å². The summed E-state index contributed by atoms with van der Waals surface area (Å²) in [5.74, 6) is -0.181. The highest BCUT2D eigenvalue weighted by molar-refractivity contribution is 5.95. The van der Waals surface area contributed by atoms with Gasteiger partial charge in [0.2, 0.25) is 0 Å². The summed E-state index contributed by atoms with van der Waals surface area (Å²) in [6.45, 7) is 3.08. The summed E-state index contributed by atoms with van der Waals surface area (Å²) in [7, 11) is 1.58. The maximum atomic E-state index is 14.5. The summed E-state index contributed by atoms with van der Waals surface area (Å²) < 4.78 is 25.5. The number of esters is 1. The number of rotatable bonds is 5. The minimum atomic E-state index is -0.521. The van der Waals surface area contributed by atoms with Crippen LogP contribution in [0.1, 0.15) is 46.8 Å². The molecule has 2 aromatic carbocycles. The molecule has 2 aliphatic heterocycles. The molecule has 2 fully saturated rings. The summed E-state index contributed by atoms with van der Waals surface area (Å²) in [4.78, 5) is 26.5. The van der Waals surface area contributed by atoms with Crippen LogP contribution in [0.4, 0.5) is 4.39 Å². The standard InChI is InChI=1S/C23H26FN3O4/c1-14(28)31-17-10-21(19-5-3-4-6-20(19)24)27(13-17)23(29)15-7-8-18(22(9-15)30-2)16-11-25-26-12-16/h3-9,16-17,21,25-26H,10-13H2,1-2H3/t17?,21-/m1/s1. The zero-order valence-electron chi connectivity index (χ0n) is 17.6. The second-order valence-corrected chi connectivity index (χ2v) is 7.88. The number of methoxy groups -OCH3 is 1. The van der Waals surface area contributed by atoms with Gasteiger partial charge in [-0.15, -0.1) is 0 Å². The van der Waals surface area contributed by atoms with Crippen LogP contribution in [0.25, 0.3) is 0 Å². The Labute approximate surface area is 180 Å². The van der Waals surface area contributed by atoms with Crippen molar-refractivity contribution >= 4 is 11.9 Å². The number of carbonyl (C=O) groups is 2. The van der Waals surface area contributed by atoms with Gasteiger partial charge in [-0.2, -0.15) is 0 Å². The third-order valence-corrected chi connectivity index (χ3v) is 5.86. The van der Waals surface area contributed by atoms with Gasteiger partial charge in [-0.05, 0) is 23.8 Å². The zero-order chi connectivity index (χ0) is 22.0. The number of carbonyl (C=O) groups excluding carboxylic acids is 2. The van der Waals surface area contributed by atoms with Gasteiger partial charge in [-0.25, -0.2) is 4.39 Å². The predicted molar refractivity (Wildman–Crippen MR) is 112 cm³/mol. The van der Waals surface area contributed by atoms with Crippen molar-refractivity contribution < 1.29 is 23.5 Å². The van der Waals surface area contributed by atoms with Gasteiger partial charge in [-0.3, -0.25) is 20.4 Å². The maximum absolute atomic E-state index is 14.5. The first-order valence-electron chi connectivity index (χ1n) is 10.3. The van der Waals surface area contributed by atoms with Gasteiger partial charge in [0.15, 0.2) is 0 Å². The maximum Gasteiger partial charge on any atom is 0.302 e. The first-order valence-corrected chi connectivity index (χ1v) is 10.3. The van der Waals surface area contributed by atoms with Crippen molar-refractivity contribution in [2.24, 2.45) is 0 Å². The second-order valence-electron chi connectivity index (χ2n) is 7.88. The SMILES string of the molecule is COc1cc(C(=O)N2CC(OC(C)=O)C[C@@H]2c2ccccc2F)ccc1C1CNNC1. The number of hydrogen-bond donors (Lipinski definition) is 2. The van der Waals surface area contributed by atoms with E-state index < -0.39 is 18.1 Å². The fourth-order valence-corrected chi connectivity index (χ4v) is 4.41. The molecule has 1 amide bonds. The molecule has 164 valence electrons. The van der Waals surface area contributed by atoms with E-state index >= 15 is 0 Å². The first kappa shape index (κ1) is 21.3. The van der Waals surface area contributed by atoms with Gasteiger partial charge in [-0.1, -0.05) is 24.3 Å². The third kappa shape index (κ3) is 4.40. The average Bonchev–Trinajstić information content (AvgIpc) is 3.43. The zero-order valence-corrected chi connectivity index (χ0v) is 17.6. The van der Waals surface area contributed by atoms with Crippen molar-refractivity contribution in [3.05, 3.63) is 65.0 Å². The molecule has 4 rings (SSSR count). The van der Waals surface area contributed by atoms with E-state index in [1.807, 2.05) is 6.07 Å². The summed E-state index contributed by atoms with van der Waals surface area (Å²) in [6, 6.07) is 11.3. The predicted octanol–water partition coefficient (Wildman–Crippen LogP) is 2.54. The molecule has 2 aromatic rings. The van der Waals surface area contributed by atoms with Crippen molar-refractivity contribution in [2.75, 3.05) is 26.7 Å². The molecule has 2 aliphatic rings. The fourth-order valence-electron chi connectivity index (χ4n) is 4.41. The monoisotopic (exact) mass is 427 g/mol. The molecule has 31 heavy (non-hydrogen) atoms. The highest BCUT2D eigenvalue weighted by Crippen LogP contribution is 2.37. The highest BCUT2D eigenvalue weighted by Gasteiger charge is 2.39. The van der Waals surface area contributed by atoms with Crippen LogP contribution >= 0.6 is 0 Å². The minimum absolute atomic E-state index is 0.206. The molecule has 0 aromatic heterocycles. The van der Waals surface area contributed by atoms with Crippen molar-refractivity contribution in [1.29, 1.82) is 0 Å². The molecule has 2 heterocycles. The Morgan fingerprint density at radius 2 is 1.84 bits per heavy atom. The second kappa shape index (κ2) is 9.03. The molecule has 1 unspecified atom stereocenters. The number of hydrazine groups is 1. The Morgan fingerprint density at radius 1 is 1.10 bits per heavy atom. The van der Waals surface area contributed by atoms with Crippen LogP contribution in [0.15, 0.2) is 42.5 Å². The number of ether oxygens (including phenoxy) is 2. The summed E-state index contributed by atoms with van der Waals surface area (Å²) in [6.07, 6.45) is -0.135. The molecule has 2 N–H and O–H groups in total. The number of benzene rings is 2. The van der Waals surface area contributed by atoms with E-state index in [-0.39, 0.29) is 24.2 Å². The number of nitrogens with zero attached hydrogens (tertiary/aromatic N) is 1. The van der Waals surface area contributed by atoms with E-state index in [2.05, 4.69) is 10.9 Å². The van der Waals surface area contributed by atoms with E-state index in [0.29, 0.717) is 23.3 Å². The van der Waals surface area contributed by atoms with Crippen molar-refractivity contribution in [1.82, 2.24) is 15.8 Å². The molecule has 0 bridgehead atoms. The molecule has 7 nitrogen and oxygen atoms in total. The van der Waals surface area contributed by atoms with Gasteiger partial charge in [0.25, 0.3) is 5.91 Å². The van der Waals surface area contributed by atoms with Crippen LogP contribution < -0.4 is 15.6 Å². The lowest BCUT2D eigenvalue weighted by Crippen LogP contribution is -2.32. The van der Waals surface area contributed by atoms with E-state index in [4.69, 9.17) is 9.47 Å². The van der Waals surface area contributed by atoms with Gasteiger partial charge in [0, 0.05) is 43.5 Å². The molecule has 0 spiro atoms. The normalized spacial score (nSPS) is 21.3. The fraction of sp³-hybridized carbons (Fsp3) is 0.391. The lowest BCUT2D eigenvalue weighted by atomic mass is 9.97. The number of likely N-dealkylation sites (tertiary alicyclic amines) is 1. The number of amides is 1. The van der Waals surface area contributed by atoms with Crippen LogP contribution in [0.2, 0.25) is 0 Å². The van der Waals surface area contributed by atoms with E-state index in [1.165, 1.54) is 13.0 Å². The van der Waals surface area contributed by atoms with Crippen LogP contribution in [0.3, 0.4) is 0 Å². The van der Waals surface area contributed by atoms with Crippen molar-refractivity contribution in [3.63, 3.8) is 0 Å². The Hall–Kier alpha value is -2.97. The van der Waals surface area contributed by atoms with Crippen molar-refractivity contribution in [2.45, 2.75) is 31.4 Å². The largest absolute Gasteiger partial charge is 0.496 e. The van der Waals surface area contributed by atoms with Crippen LogP contribution in [0.5, 0.6) is 5.75 Å². The smallest absolute Gasteiger partial charge is 0.302 e. The minimum Gasteiger partial charge on any atom is -0.496 e. The van der Waals surface area contributed by atoms with Crippen LogP contribution in [0, 0.1) is 5.82 Å². The van der Waals surface area contributed by atoms with Gasteiger partial charge in [0.1, 0.15) is 17.7 Å². The quantitative estimate of drug-likeness (QED) is 0.714. The van der Waals surface area contributed by atoms with Gasteiger partial charge < -0.3 is 14.4 Å². The summed E-state index contributed by atoms with van der Waals surface area (Å²) in [5, 5.41) is 0. The molecule has 0 aliphatic carbocycles. The first-order chi connectivity index (χ1) is 15.0. The number of halogens is 1. The van der Waals surface area contributed by atoms with E-state index in [0.717, 1.165) is 18.7 Å². The average molecular weight is 427 g/mol. The molecule has 8 heteroatoms. The lowest BCUT2D eigenvalue weighted by Gasteiger charge is -2.25. The Morgan fingerprint density at radius 3 is 2.52 bits per heavy atom. The Balaban J connectivity index is 1.64. The van der Waals surface area contributed by atoms with Gasteiger partial charge in [0.05, 0.1) is 19.7 Å². The Bertz CT molecular complexity index is 977. The third-order valence-electron chi connectivity index (χ3n) is 5.86. The summed E-state index contributed by atoms with van der Waals surface area (Å²) in [5.41, 5.74) is 8.07. The number of nitrogens with one attached hydrogen (secondary N) is 2. The topological polar surface area (TPSA) is 79.9 Å². The van der Waals surface area contributed by atoms with E-state index in [1.54, 1.807) is 42.3 Å². The van der Waals surface area contributed by atoms with Crippen molar-refractivity contribution in [3.8, 4) is 5.75 Å². The summed E-state index contributed by atoms with van der Waals surface area (Å²) >= 11 is 0. The van der Waals surface area contributed by atoms with Gasteiger partial charge >= 0.3 is 5.97 Å². The molecular weight excluding hydrogens is 401 g/mol. The lowest BCUT2D eigenvalue weighted by molar-refractivity contribution is -0.145. The number of hydrogen-bond acceptors (Lipinski definition) is 6. The molecule has 0 saturated carbocycles. The molecule has 2 atom stereocenters. The molecular formula is C23H26FN3O4. The van der Waals surface area contributed by atoms with Crippen LogP contribution in [-0.2, 0) is 9.53 Å². The van der Waals surface area contributed by atoms with Crippen LogP contribution in [-0.4, -0.2) is 49.6 Å². The molecule has 0 radical (unpaired) electrons. The Kier molecular flexibility index (Phi) is 6.20. The molecule has 2 saturated heterocycles.